The summed E-state index contributed by atoms with van der Waals surface area (Å²) in [5.41, 5.74) is 0.459. The van der Waals surface area contributed by atoms with Gasteiger partial charge in [0.05, 0.1) is 4.92 Å². The van der Waals surface area contributed by atoms with Crippen molar-refractivity contribution < 1.29 is 14.2 Å². The Kier molecular flexibility index (Phi) is 4.20. The molecule has 23 heavy (non-hydrogen) atoms. The van der Waals surface area contributed by atoms with Crippen molar-refractivity contribution in [2.45, 2.75) is 6.61 Å². The van der Waals surface area contributed by atoms with Gasteiger partial charge in [-0.15, -0.1) is 0 Å². The molecule has 0 radical (unpaired) electrons. The molecule has 0 fully saturated rings. The number of non-ortho nitro benzene ring substituents is 1. The Hall–Kier alpha value is -2.93. The van der Waals surface area contributed by atoms with Gasteiger partial charge in [0.25, 0.3) is 11.6 Å². The molecule has 0 amide bonds. The van der Waals surface area contributed by atoms with E-state index in [0.29, 0.717) is 16.3 Å². The number of rotatable bonds is 5. The molecule has 0 aliphatic rings. The molecule has 0 N–H and O–H groups in total. The molecular formula is C15H10ClN3O4. The normalized spacial score (nSPS) is 10.5. The van der Waals surface area contributed by atoms with Gasteiger partial charge in [0.1, 0.15) is 5.75 Å². The van der Waals surface area contributed by atoms with Gasteiger partial charge in [-0.2, -0.15) is 4.98 Å². The lowest BCUT2D eigenvalue weighted by molar-refractivity contribution is -0.384. The van der Waals surface area contributed by atoms with Crippen LogP contribution in [0.1, 0.15) is 5.89 Å². The molecule has 0 bridgehead atoms. The Morgan fingerprint density at radius 3 is 2.83 bits per heavy atom. The SMILES string of the molecule is O=[N+]([O-])c1cccc(-c2noc(COc3cccc(Cl)c3)n2)c1. The predicted octanol–water partition coefficient (Wildman–Crippen LogP) is 3.88. The van der Waals surface area contributed by atoms with Crippen LogP contribution in [0, 0.1) is 10.1 Å². The first-order valence-electron chi connectivity index (χ1n) is 6.57. The minimum Gasteiger partial charge on any atom is -0.484 e. The summed E-state index contributed by atoms with van der Waals surface area (Å²) in [6.45, 7) is 0.0717. The molecule has 3 rings (SSSR count). The van der Waals surface area contributed by atoms with E-state index < -0.39 is 4.92 Å². The molecular weight excluding hydrogens is 322 g/mol. The molecule has 0 aliphatic heterocycles. The Balaban J connectivity index is 1.73. The molecule has 3 aromatic rings. The smallest absolute Gasteiger partial charge is 0.270 e. The number of nitrogens with zero attached hydrogens (tertiary/aromatic N) is 3. The van der Waals surface area contributed by atoms with Gasteiger partial charge < -0.3 is 9.26 Å². The van der Waals surface area contributed by atoms with Crippen LogP contribution in [-0.2, 0) is 6.61 Å². The van der Waals surface area contributed by atoms with Gasteiger partial charge in [-0.1, -0.05) is 35.0 Å². The zero-order chi connectivity index (χ0) is 16.2. The van der Waals surface area contributed by atoms with Crippen LogP contribution in [0.5, 0.6) is 5.75 Å². The van der Waals surface area contributed by atoms with Crippen molar-refractivity contribution in [3.63, 3.8) is 0 Å². The van der Waals surface area contributed by atoms with E-state index in [9.17, 15) is 10.1 Å². The first-order valence-corrected chi connectivity index (χ1v) is 6.95. The van der Waals surface area contributed by atoms with Gasteiger partial charge in [0.2, 0.25) is 5.82 Å². The topological polar surface area (TPSA) is 91.3 Å². The van der Waals surface area contributed by atoms with E-state index in [0.717, 1.165) is 0 Å². The fourth-order valence-electron chi connectivity index (χ4n) is 1.89. The number of ether oxygens (including phenoxy) is 1. The molecule has 2 aromatic carbocycles. The standard InChI is InChI=1S/C15H10ClN3O4/c16-11-4-2-6-13(8-11)22-9-14-17-15(18-23-14)10-3-1-5-12(7-10)19(20)21/h1-8H,9H2. The second-order valence-corrected chi connectivity index (χ2v) is 5.00. The second-order valence-electron chi connectivity index (χ2n) is 4.57. The van der Waals surface area contributed by atoms with Crippen LogP contribution in [-0.4, -0.2) is 15.1 Å². The average Bonchev–Trinajstić information content (AvgIpc) is 3.02. The summed E-state index contributed by atoms with van der Waals surface area (Å²) in [6.07, 6.45) is 0. The quantitative estimate of drug-likeness (QED) is 0.520. The van der Waals surface area contributed by atoms with E-state index in [2.05, 4.69) is 10.1 Å². The summed E-state index contributed by atoms with van der Waals surface area (Å²) in [7, 11) is 0. The lowest BCUT2D eigenvalue weighted by Gasteiger charge is -2.02. The maximum atomic E-state index is 10.8. The van der Waals surface area contributed by atoms with Gasteiger partial charge in [-0.25, -0.2) is 0 Å². The fraction of sp³-hybridized carbons (Fsp3) is 0.0667. The minimum absolute atomic E-state index is 0.0379. The summed E-state index contributed by atoms with van der Waals surface area (Å²) < 4.78 is 10.6. The molecule has 7 nitrogen and oxygen atoms in total. The van der Waals surface area contributed by atoms with Crippen molar-refractivity contribution in [3.8, 4) is 17.1 Å². The zero-order valence-corrected chi connectivity index (χ0v) is 12.4. The first-order chi connectivity index (χ1) is 11.1. The Morgan fingerprint density at radius 1 is 1.22 bits per heavy atom. The Labute approximate surface area is 135 Å². The highest BCUT2D eigenvalue weighted by Gasteiger charge is 2.13. The van der Waals surface area contributed by atoms with Crippen LogP contribution < -0.4 is 4.74 Å². The Morgan fingerprint density at radius 2 is 2.04 bits per heavy atom. The number of hydrogen-bond acceptors (Lipinski definition) is 6. The Bertz CT molecular complexity index is 850. The number of nitro groups is 1. The minimum atomic E-state index is -0.479. The molecule has 0 atom stereocenters. The number of nitro benzene ring substituents is 1. The largest absolute Gasteiger partial charge is 0.484 e. The van der Waals surface area contributed by atoms with Crippen molar-refractivity contribution in [3.05, 3.63) is 69.6 Å². The van der Waals surface area contributed by atoms with E-state index in [1.165, 1.54) is 12.1 Å². The predicted molar refractivity (Wildman–Crippen MR) is 82.2 cm³/mol. The number of aromatic nitrogens is 2. The number of hydrogen-bond donors (Lipinski definition) is 0. The number of benzene rings is 2. The van der Waals surface area contributed by atoms with Crippen molar-refractivity contribution in [1.29, 1.82) is 0 Å². The monoisotopic (exact) mass is 331 g/mol. The van der Waals surface area contributed by atoms with E-state index in [-0.39, 0.29) is 24.0 Å². The van der Waals surface area contributed by atoms with Crippen LogP contribution in [0.2, 0.25) is 5.02 Å². The lowest BCUT2D eigenvalue weighted by Crippen LogP contribution is -1.95. The average molecular weight is 332 g/mol. The first kappa shape index (κ1) is 15.0. The van der Waals surface area contributed by atoms with Crippen LogP contribution in [0.25, 0.3) is 11.4 Å². The summed E-state index contributed by atoms with van der Waals surface area (Å²) in [4.78, 5) is 14.5. The third kappa shape index (κ3) is 3.64. The van der Waals surface area contributed by atoms with Crippen molar-refractivity contribution in [2.75, 3.05) is 0 Å². The summed E-state index contributed by atoms with van der Waals surface area (Å²) in [5.74, 6) is 1.09. The van der Waals surface area contributed by atoms with E-state index >= 15 is 0 Å². The van der Waals surface area contributed by atoms with Crippen molar-refractivity contribution in [2.24, 2.45) is 0 Å². The highest BCUT2D eigenvalue weighted by molar-refractivity contribution is 6.30. The molecule has 1 aromatic heterocycles. The van der Waals surface area contributed by atoms with E-state index in [4.69, 9.17) is 20.9 Å². The van der Waals surface area contributed by atoms with E-state index in [1.807, 2.05) is 0 Å². The van der Waals surface area contributed by atoms with Crippen molar-refractivity contribution in [1.82, 2.24) is 10.1 Å². The number of halogens is 1. The summed E-state index contributed by atoms with van der Waals surface area (Å²) >= 11 is 5.86. The van der Waals surface area contributed by atoms with Gasteiger partial charge in [0.15, 0.2) is 6.61 Å². The lowest BCUT2D eigenvalue weighted by atomic mass is 10.2. The van der Waals surface area contributed by atoms with Crippen LogP contribution in [0.15, 0.2) is 53.1 Å². The van der Waals surface area contributed by atoms with Crippen LogP contribution >= 0.6 is 11.6 Å². The third-order valence-corrected chi connectivity index (χ3v) is 3.18. The molecule has 8 heteroatoms. The summed E-state index contributed by atoms with van der Waals surface area (Å²) in [5, 5.41) is 15.1. The molecule has 0 saturated carbocycles. The highest BCUT2D eigenvalue weighted by atomic mass is 35.5. The fourth-order valence-corrected chi connectivity index (χ4v) is 2.07. The maximum Gasteiger partial charge on any atom is 0.270 e. The highest BCUT2D eigenvalue weighted by Crippen LogP contribution is 2.22. The van der Waals surface area contributed by atoms with Crippen LogP contribution in [0.3, 0.4) is 0 Å². The van der Waals surface area contributed by atoms with Gasteiger partial charge >= 0.3 is 0 Å². The zero-order valence-electron chi connectivity index (χ0n) is 11.7. The third-order valence-electron chi connectivity index (χ3n) is 2.94. The molecule has 0 saturated heterocycles. The van der Waals surface area contributed by atoms with Gasteiger partial charge in [-0.3, -0.25) is 10.1 Å². The van der Waals surface area contributed by atoms with Gasteiger partial charge in [0, 0.05) is 22.7 Å². The molecule has 0 spiro atoms. The van der Waals surface area contributed by atoms with Crippen LogP contribution in [0.4, 0.5) is 5.69 Å². The second kappa shape index (κ2) is 6.45. The van der Waals surface area contributed by atoms with Gasteiger partial charge in [-0.05, 0) is 18.2 Å². The molecule has 116 valence electrons. The maximum absolute atomic E-state index is 10.8. The molecule has 1 heterocycles. The molecule has 0 aliphatic carbocycles. The molecule has 0 unspecified atom stereocenters. The summed E-state index contributed by atoms with van der Waals surface area (Å²) in [6, 6.07) is 12.9. The van der Waals surface area contributed by atoms with Crippen molar-refractivity contribution >= 4 is 17.3 Å². The van der Waals surface area contributed by atoms with E-state index in [1.54, 1.807) is 36.4 Å².